The lowest BCUT2D eigenvalue weighted by molar-refractivity contribution is -0.129. The van der Waals surface area contributed by atoms with Crippen LogP contribution in [0.1, 0.15) is 0 Å². The Hall–Kier alpha value is -1.79. The number of carbonyl (C=O) groups is 1. The summed E-state index contributed by atoms with van der Waals surface area (Å²) in [6.45, 7) is 1.34. The van der Waals surface area contributed by atoms with Crippen LogP contribution in [-0.2, 0) is 11.8 Å². The van der Waals surface area contributed by atoms with Crippen LogP contribution in [0.3, 0.4) is 0 Å². The molecule has 0 spiro atoms. The molecular formula is C10H13BN4O2. The van der Waals surface area contributed by atoms with Gasteiger partial charge in [0.25, 0.3) is 5.56 Å². The molecule has 1 aromatic heterocycles. The third-order valence-corrected chi connectivity index (χ3v) is 2.83. The lowest BCUT2D eigenvalue weighted by Crippen LogP contribution is -2.51. The van der Waals surface area contributed by atoms with Gasteiger partial charge in [-0.1, -0.05) is 0 Å². The van der Waals surface area contributed by atoms with Gasteiger partial charge in [-0.25, -0.2) is 4.98 Å². The van der Waals surface area contributed by atoms with Crippen molar-refractivity contribution in [3.8, 4) is 0 Å². The molecule has 7 heteroatoms. The first-order valence-corrected chi connectivity index (χ1v) is 5.31. The van der Waals surface area contributed by atoms with Crippen molar-refractivity contribution in [1.29, 1.82) is 0 Å². The van der Waals surface area contributed by atoms with Crippen LogP contribution in [0, 0.1) is 0 Å². The van der Waals surface area contributed by atoms with Gasteiger partial charge in [0.2, 0.25) is 5.91 Å². The van der Waals surface area contributed by atoms with Crippen molar-refractivity contribution in [3.05, 3.63) is 16.6 Å². The molecule has 1 saturated heterocycles. The van der Waals surface area contributed by atoms with E-state index in [4.69, 9.17) is 7.85 Å². The standard InChI is InChI=1S/C10H13BN4O2/c1-13-3-4-15(6-8(13)16)9-10(17)14(2)5-7(11)12-9/h5H,3-4,6H2,1-2H3. The lowest BCUT2D eigenvalue weighted by atomic mass is 10.1. The summed E-state index contributed by atoms with van der Waals surface area (Å²) in [7, 11) is 8.96. The zero-order valence-electron chi connectivity index (χ0n) is 9.88. The number of hydrogen-bond donors (Lipinski definition) is 0. The molecular weight excluding hydrogens is 219 g/mol. The molecule has 1 aliphatic heterocycles. The van der Waals surface area contributed by atoms with Crippen LogP contribution in [0.15, 0.2) is 11.0 Å². The van der Waals surface area contributed by atoms with Gasteiger partial charge in [-0.3, -0.25) is 9.59 Å². The van der Waals surface area contributed by atoms with E-state index in [0.29, 0.717) is 13.1 Å². The Morgan fingerprint density at radius 3 is 2.65 bits per heavy atom. The zero-order chi connectivity index (χ0) is 12.6. The van der Waals surface area contributed by atoms with E-state index in [1.165, 1.54) is 10.8 Å². The number of likely N-dealkylation sites (N-methyl/N-ethyl adjacent to an activating group) is 1. The third kappa shape index (κ3) is 2.18. The average Bonchev–Trinajstić information content (AvgIpc) is 2.27. The van der Waals surface area contributed by atoms with Gasteiger partial charge in [-0.05, 0) is 0 Å². The fourth-order valence-electron chi connectivity index (χ4n) is 1.76. The van der Waals surface area contributed by atoms with Crippen molar-refractivity contribution >= 4 is 25.2 Å². The quantitative estimate of drug-likeness (QED) is 0.518. The highest BCUT2D eigenvalue weighted by molar-refractivity contribution is 6.30. The Bertz CT molecular complexity index is 514. The second-order valence-electron chi connectivity index (χ2n) is 4.14. The number of nitrogens with zero attached hydrogens (tertiary/aromatic N) is 4. The molecule has 2 radical (unpaired) electrons. The van der Waals surface area contributed by atoms with E-state index in [2.05, 4.69) is 4.98 Å². The van der Waals surface area contributed by atoms with Crippen molar-refractivity contribution < 1.29 is 4.79 Å². The summed E-state index contributed by atoms with van der Waals surface area (Å²) in [6, 6.07) is 0. The molecule has 1 aliphatic rings. The molecule has 0 unspecified atom stereocenters. The van der Waals surface area contributed by atoms with Crippen LogP contribution < -0.4 is 16.1 Å². The van der Waals surface area contributed by atoms with E-state index < -0.39 is 0 Å². The summed E-state index contributed by atoms with van der Waals surface area (Å²) >= 11 is 0. The molecule has 0 aromatic carbocycles. The van der Waals surface area contributed by atoms with Crippen molar-refractivity contribution in [2.45, 2.75) is 0 Å². The molecule has 1 fully saturated rings. The molecule has 88 valence electrons. The van der Waals surface area contributed by atoms with Crippen LogP contribution in [0.5, 0.6) is 0 Å². The van der Waals surface area contributed by atoms with Gasteiger partial charge in [0, 0.05) is 39.0 Å². The first kappa shape index (κ1) is 11.7. The first-order chi connectivity index (χ1) is 7.99. The minimum absolute atomic E-state index is 0.0254. The van der Waals surface area contributed by atoms with Crippen LogP contribution in [0.4, 0.5) is 5.82 Å². The highest BCUT2D eigenvalue weighted by atomic mass is 16.2. The first-order valence-electron chi connectivity index (χ1n) is 5.31. The number of rotatable bonds is 1. The van der Waals surface area contributed by atoms with Crippen LogP contribution >= 0.6 is 0 Å². The van der Waals surface area contributed by atoms with Gasteiger partial charge in [-0.15, -0.1) is 0 Å². The fraction of sp³-hybridized carbons (Fsp3) is 0.500. The third-order valence-electron chi connectivity index (χ3n) is 2.83. The van der Waals surface area contributed by atoms with Crippen molar-refractivity contribution in [3.63, 3.8) is 0 Å². The topological polar surface area (TPSA) is 58.4 Å². The minimum atomic E-state index is -0.239. The molecule has 0 N–H and O–H groups in total. The summed E-state index contributed by atoms with van der Waals surface area (Å²) in [4.78, 5) is 30.8. The highest BCUT2D eigenvalue weighted by Gasteiger charge is 2.24. The van der Waals surface area contributed by atoms with Gasteiger partial charge >= 0.3 is 0 Å². The summed E-state index contributed by atoms with van der Waals surface area (Å²) < 4.78 is 1.38. The molecule has 0 atom stereocenters. The molecule has 6 nitrogen and oxygen atoms in total. The maximum atomic E-state index is 11.9. The molecule has 17 heavy (non-hydrogen) atoms. The second-order valence-corrected chi connectivity index (χ2v) is 4.14. The van der Waals surface area contributed by atoms with E-state index >= 15 is 0 Å². The number of hydrogen-bond acceptors (Lipinski definition) is 4. The van der Waals surface area contributed by atoms with E-state index in [-0.39, 0.29) is 29.4 Å². The van der Waals surface area contributed by atoms with Crippen LogP contribution in [0.2, 0.25) is 0 Å². The van der Waals surface area contributed by atoms with Crippen LogP contribution in [0.25, 0.3) is 0 Å². The SMILES string of the molecule is [B]c1cn(C)c(=O)c(N2CCN(C)C(=O)C2)n1. The second kappa shape index (κ2) is 4.23. The smallest absolute Gasteiger partial charge is 0.293 e. The number of aromatic nitrogens is 2. The monoisotopic (exact) mass is 232 g/mol. The summed E-state index contributed by atoms with van der Waals surface area (Å²) in [5.41, 5.74) is 0.0324. The largest absolute Gasteiger partial charge is 0.342 e. The number of piperazine rings is 1. The summed E-state index contributed by atoms with van der Waals surface area (Å²) in [6.07, 6.45) is 1.46. The normalized spacial score (nSPS) is 16.5. The van der Waals surface area contributed by atoms with Crippen LogP contribution in [-0.4, -0.2) is 54.9 Å². The fourth-order valence-corrected chi connectivity index (χ4v) is 1.76. The number of carbonyl (C=O) groups excluding carboxylic acids is 1. The summed E-state index contributed by atoms with van der Waals surface area (Å²) in [5.74, 6) is 0.219. The Kier molecular flexibility index (Phi) is 2.91. The minimum Gasteiger partial charge on any atom is -0.342 e. The lowest BCUT2D eigenvalue weighted by Gasteiger charge is -2.32. The maximum Gasteiger partial charge on any atom is 0.293 e. The Morgan fingerprint density at radius 2 is 2.00 bits per heavy atom. The average molecular weight is 232 g/mol. The number of anilines is 1. The van der Waals surface area contributed by atoms with Gasteiger partial charge in [0.05, 0.1) is 6.54 Å². The predicted octanol–water partition coefficient (Wildman–Crippen LogP) is -2.15. The molecule has 2 heterocycles. The molecule has 0 saturated carbocycles. The van der Waals surface area contributed by atoms with Crippen molar-refractivity contribution in [2.75, 3.05) is 31.6 Å². The van der Waals surface area contributed by atoms with E-state index in [1.807, 2.05) is 0 Å². The van der Waals surface area contributed by atoms with Crippen molar-refractivity contribution in [2.24, 2.45) is 7.05 Å². The van der Waals surface area contributed by atoms with E-state index in [1.54, 1.807) is 23.9 Å². The molecule has 0 aliphatic carbocycles. The molecule has 0 bridgehead atoms. The number of aryl methyl sites for hydroxylation is 1. The Labute approximate surface area is 100 Å². The Morgan fingerprint density at radius 1 is 1.29 bits per heavy atom. The summed E-state index contributed by atoms with van der Waals surface area (Å²) in [5, 5.41) is 0. The predicted molar refractivity (Wildman–Crippen MR) is 64.7 cm³/mol. The van der Waals surface area contributed by atoms with Crippen molar-refractivity contribution in [1.82, 2.24) is 14.5 Å². The molecule has 2 rings (SSSR count). The van der Waals surface area contributed by atoms with Gasteiger partial charge in [0.15, 0.2) is 5.82 Å². The van der Waals surface area contributed by atoms with Gasteiger partial charge in [0.1, 0.15) is 7.85 Å². The molecule has 1 aromatic rings. The maximum absolute atomic E-state index is 11.9. The zero-order valence-corrected chi connectivity index (χ0v) is 9.88. The Balaban J connectivity index is 2.35. The van der Waals surface area contributed by atoms with E-state index in [9.17, 15) is 9.59 Å². The van der Waals surface area contributed by atoms with Gasteiger partial charge < -0.3 is 14.4 Å². The number of amides is 1. The van der Waals surface area contributed by atoms with Gasteiger partial charge in [-0.2, -0.15) is 0 Å². The van der Waals surface area contributed by atoms with E-state index in [0.717, 1.165) is 0 Å². The highest BCUT2D eigenvalue weighted by Crippen LogP contribution is 2.07. The molecule has 1 amide bonds.